The van der Waals surface area contributed by atoms with Gasteiger partial charge < -0.3 is 25.1 Å². The number of hydrogen-bond donors (Lipinski definition) is 3. The van der Waals surface area contributed by atoms with Gasteiger partial charge in [0, 0.05) is 63.4 Å². The van der Waals surface area contributed by atoms with E-state index in [2.05, 4.69) is 25.5 Å². The molecule has 0 bridgehead atoms. The molecule has 0 unspecified atom stereocenters. The lowest BCUT2D eigenvalue weighted by atomic mass is 10.0. The first-order chi connectivity index (χ1) is 19.5. The van der Waals surface area contributed by atoms with Crippen LogP contribution in [0.3, 0.4) is 0 Å². The summed E-state index contributed by atoms with van der Waals surface area (Å²) in [6.45, 7) is 4.34. The van der Waals surface area contributed by atoms with Crippen LogP contribution >= 0.6 is 11.6 Å². The highest BCUT2D eigenvalue weighted by Crippen LogP contribution is 2.35. The molecule has 2 aliphatic heterocycles. The van der Waals surface area contributed by atoms with Crippen molar-refractivity contribution in [1.82, 2.24) is 19.2 Å². The molecule has 41 heavy (non-hydrogen) atoms. The summed E-state index contributed by atoms with van der Waals surface area (Å²) in [6, 6.07) is 6.81. The maximum atomic E-state index is 13.5. The Balaban J connectivity index is 1.33. The van der Waals surface area contributed by atoms with Gasteiger partial charge >= 0.3 is 0 Å². The number of halogens is 1. The summed E-state index contributed by atoms with van der Waals surface area (Å²) in [6.07, 6.45) is 4.35. The lowest BCUT2D eigenvalue weighted by molar-refractivity contribution is 0.00610. The van der Waals surface area contributed by atoms with E-state index in [0.29, 0.717) is 58.1 Å². The molecule has 5 rings (SSSR count). The number of pyridine rings is 1. The van der Waals surface area contributed by atoms with Crippen molar-refractivity contribution in [2.75, 3.05) is 75.7 Å². The molecule has 15 heteroatoms. The zero-order chi connectivity index (χ0) is 29.2. The quantitative estimate of drug-likeness (QED) is 0.307. The summed E-state index contributed by atoms with van der Waals surface area (Å²) in [5.41, 5.74) is 1.62. The number of morpholine rings is 1. The van der Waals surface area contributed by atoms with Gasteiger partial charge in [0.25, 0.3) is 0 Å². The molecule has 0 amide bonds. The molecule has 1 aromatic carbocycles. The van der Waals surface area contributed by atoms with E-state index >= 15 is 0 Å². The molecule has 3 aromatic rings. The van der Waals surface area contributed by atoms with Crippen LogP contribution in [0.25, 0.3) is 11.0 Å². The average Bonchev–Trinajstić information content (AvgIpc) is 3.33. The monoisotopic (exact) mass is 626 g/mol. The van der Waals surface area contributed by atoms with Gasteiger partial charge in [-0.2, -0.15) is 4.31 Å². The number of sulfone groups is 1. The summed E-state index contributed by atoms with van der Waals surface area (Å²) in [5, 5.41) is 7.40. The third kappa shape index (κ3) is 6.89. The number of rotatable bonds is 10. The highest BCUT2D eigenvalue weighted by molar-refractivity contribution is 7.90. The minimum absolute atomic E-state index is 0.0454. The van der Waals surface area contributed by atoms with Crippen molar-refractivity contribution in [1.29, 1.82) is 0 Å². The molecule has 3 N–H and O–H groups in total. The molecule has 0 aliphatic carbocycles. The van der Waals surface area contributed by atoms with Crippen molar-refractivity contribution >= 4 is 59.7 Å². The minimum atomic E-state index is -3.71. The normalized spacial score (nSPS) is 18.0. The van der Waals surface area contributed by atoms with Crippen molar-refractivity contribution in [2.45, 2.75) is 23.8 Å². The van der Waals surface area contributed by atoms with Crippen LogP contribution in [0.15, 0.2) is 35.4 Å². The predicted molar refractivity (Wildman–Crippen MR) is 160 cm³/mol. The smallest absolute Gasteiger partial charge is 0.243 e. The van der Waals surface area contributed by atoms with Crippen molar-refractivity contribution in [3.05, 3.63) is 35.5 Å². The van der Waals surface area contributed by atoms with E-state index in [1.165, 1.54) is 19.4 Å². The Morgan fingerprint density at radius 1 is 1.10 bits per heavy atom. The molecule has 0 spiro atoms. The van der Waals surface area contributed by atoms with Crippen molar-refractivity contribution in [3.63, 3.8) is 0 Å². The molecule has 4 heterocycles. The van der Waals surface area contributed by atoms with Gasteiger partial charge in [-0.25, -0.2) is 21.8 Å². The summed E-state index contributed by atoms with van der Waals surface area (Å²) in [7, 11) is -5.38. The summed E-state index contributed by atoms with van der Waals surface area (Å²) < 4.78 is 62.8. The highest BCUT2D eigenvalue weighted by atomic mass is 35.5. The molecular weight excluding hydrogens is 592 g/mol. The average molecular weight is 627 g/mol. The van der Waals surface area contributed by atoms with Crippen LogP contribution in [0.5, 0.6) is 5.75 Å². The lowest BCUT2D eigenvalue weighted by Gasteiger charge is -2.39. The summed E-state index contributed by atoms with van der Waals surface area (Å²) in [5.74, 6) is 0.722. The second-order valence-corrected chi connectivity index (χ2v) is 14.8. The van der Waals surface area contributed by atoms with E-state index in [-0.39, 0.29) is 17.2 Å². The number of anilines is 3. The van der Waals surface area contributed by atoms with Crippen LogP contribution in [0, 0.1) is 0 Å². The van der Waals surface area contributed by atoms with Gasteiger partial charge in [0.15, 0.2) is 0 Å². The second-order valence-electron chi connectivity index (χ2n) is 10.2. The zero-order valence-corrected chi connectivity index (χ0v) is 25.4. The maximum absolute atomic E-state index is 13.5. The first kappa shape index (κ1) is 29.9. The Bertz CT molecular complexity index is 1600. The lowest BCUT2D eigenvalue weighted by Crippen LogP contribution is -2.50. The fourth-order valence-corrected chi connectivity index (χ4v) is 7.49. The van der Waals surface area contributed by atoms with Crippen molar-refractivity contribution in [2.24, 2.45) is 0 Å². The first-order valence-electron chi connectivity index (χ1n) is 13.4. The molecule has 224 valence electrons. The number of ether oxygens (including phenoxy) is 2. The summed E-state index contributed by atoms with van der Waals surface area (Å²) >= 11 is 6.34. The van der Waals surface area contributed by atoms with Gasteiger partial charge in [-0.05, 0) is 25.0 Å². The van der Waals surface area contributed by atoms with Gasteiger partial charge in [-0.15, -0.1) is 0 Å². The maximum Gasteiger partial charge on any atom is 0.243 e. The van der Waals surface area contributed by atoms with Crippen molar-refractivity contribution in [3.8, 4) is 5.75 Å². The number of nitrogens with one attached hydrogen (secondary N) is 3. The molecule has 0 radical (unpaired) electrons. The number of hydrogen-bond acceptors (Lipinski definition) is 10. The molecule has 12 nitrogen and oxygen atoms in total. The van der Waals surface area contributed by atoms with E-state index < -0.39 is 19.9 Å². The molecule has 2 aromatic heterocycles. The molecule has 0 saturated carbocycles. The number of methoxy groups -OCH3 is 1. The topological polar surface area (TPSA) is 146 Å². The van der Waals surface area contributed by atoms with E-state index in [0.717, 1.165) is 39.1 Å². The fourth-order valence-electron chi connectivity index (χ4n) is 5.28. The number of aromatic nitrogens is 2. The number of piperidine rings is 1. The number of sulfonamides is 1. The minimum Gasteiger partial charge on any atom is -0.495 e. The largest absolute Gasteiger partial charge is 0.495 e. The van der Waals surface area contributed by atoms with Gasteiger partial charge in [0.05, 0.1) is 52.8 Å². The Labute approximate surface area is 245 Å². The third-order valence-electron chi connectivity index (χ3n) is 7.44. The van der Waals surface area contributed by atoms with Gasteiger partial charge in [0.2, 0.25) is 10.0 Å². The Morgan fingerprint density at radius 2 is 1.83 bits per heavy atom. The van der Waals surface area contributed by atoms with Gasteiger partial charge in [-0.1, -0.05) is 11.6 Å². The van der Waals surface area contributed by atoms with E-state index in [1.807, 2.05) is 0 Å². The fraction of sp³-hybridized carbons (Fsp3) is 0.500. The van der Waals surface area contributed by atoms with Gasteiger partial charge in [0.1, 0.15) is 27.1 Å². The van der Waals surface area contributed by atoms with E-state index in [9.17, 15) is 16.8 Å². The van der Waals surface area contributed by atoms with Crippen LogP contribution < -0.4 is 15.4 Å². The molecule has 2 saturated heterocycles. The Kier molecular flexibility index (Phi) is 8.97. The van der Waals surface area contributed by atoms with Crippen LogP contribution in [0.4, 0.5) is 17.2 Å². The Hall–Kier alpha value is -2.62. The van der Waals surface area contributed by atoms with Crippen LogP contribution in [0.2, 0.25) is 5.02 Å². The molecular formula is C26H35ClN6O6S2. The van der Waals surface area contributed by atoms with Gasteiger partial charge in [-0.3, -0.25) is 4.90 Å². The standard InChI is InChI=1S/C26H35ClN6O6S2/c1-38-23-15-19(41(36,37)33-8-5-18(6-9-33)32-10-12-39-13-11-32)3-4-21(23)30-24-16-22(28-7-14-40(2,34)35)25-20(27)17-29-26(25)31-24/h3-4,15-18H,5-14H2,1-2H3,(H3,28,29,30,31). The predicted octanol–water partition coefficient (Wildman–Crippen LogP) is 2.91. The number of benzene rings is 1. The Morgan fingerprint density at radius 3 is 2.51 bits per heavy atom. The second kappa shape index (κ2) is 12.3. The number of fused-ring (bicyclic) bond motifs is 1. The van der Waals surface area contributed by atoms with Crippen molar-refractivity contribution < 1.29 is 26.3 Å². The molecule has 2 aliphatic rings. The van der Waals surface area contributed by atoms with Crippen LogP contribution in [-0.2, 0) is 24.6 Å². The SMILES string of the molecule is COc1cc(S(=O)(=O)N2CCC(N3CCOCC3)CC2)ccc1Nc1cc(NCCS(C)(=O)=O)c2c(Cl)c[nH]c2n1. The summed E-state index contributed by atoms with van der Waals surface area (Å²) in [4.78, 5) is 10.1. The third-order valence-corrected chi connectivity index (χ3v) is 10.6. The van der Waals surface area contributed by atoms with Crippen LogP contribution in [-0.4, -0.2) is 107 Å². The molecule has 0 atom stereocenters. The zero-order valence-electron chi connectivity index (χ0n) is 23.0. The molecule has 2 fully saturated rings. The van der Waals surface area contributed by atoms with E-state index in [4.69, 9.17) is 21.1 Å². The first-order valence-corrected chi connectivity index (χ1v) is 17.3. The number of nitrogens with zero attached hydrogens (tertiary/aromatic N) is 3. The highest BCUT2D eigenvalue weighted by Gasteiger charge is 2.32. The number of H-pyrrole nitrogens is 1. The number of aromatic amines is 1. The van der Waals surface area contributed by atoms with Crippen LogP contribution in [0.1, 0.15) is 12.8 Å². The van der Waals surface area contributed by atoms with E-state index in [1.54, 1.807) is 28.7 Å².